The van der Waals surface area contributed by atoms with Crippen LogP contribution in [0, 0.1) is 17.1 Å². The van der Waals surface area contributed by atoms with Crippen molar-refractivity contribution in [1.29, 1.82) is 5.26 Å². The van der Waals surface area contributed by atoms with Crippen LogP contribution in [0.5, 0.6) is 0 Å². The van der Waals surface area contributed by atoms with Crippen molar-refractivity contribution in [3.05, 3.63) is 50.5 Å². The third kappa shape index (κ3) is 7.55. The molecule has 1 heterocycles. The molecule has 0 aliphatic carbocycles. The van der Waals surface area contributed by atoms with Gasteiger partial charge in [-0.25, -0.2) is 32.6 Å². The van der Waals surface area contributed by atoms with Gasteiger partial charge in [-0.1, -0.05) is 0 Å². The largest absolute Gasteiger partial charge is 0.477 e. The highest BCUT2D eigenvalue weighted by Crippen LogP contribution is 2.23. The maximum absolute atomic E-state index is 14.2. The molecule has 2 amide bonds. The van der Waals surface area contributed by atoms with Gasteiger partial charge >= 0.3 is 17.7 Å². The van der Waals surface area contributed by atoms with Crippen LogP contribution in [0.3, 0.4) is 0 Å². The molecule has 0 atom stereocenters. The number of urea groups is 1. The summed E-state index contributed by atoms with van der Waals surface area (Å²) >= 11 is 0. The minimum Gasteiger partial charge on any atom is -0.477 e. The lowest BCUT2D eigenvalue weighted by Crippen LogP contribution is -2.38. The van der Waals surface area contributed by atoms with Crippen molar-refractivity contribution in [3.63, 3.8) is 0 Å². The molecule has 0 saturated heterocycles. The number of hydrogen-bond donors (Lipinski definition) is 4. The van der Waals surface area contributed by atoms with E-state index in [0.717, 1.165) is 18.3 Å². The number of nitrogens with zero attached hydrogens (tertiary/aromatic N) is 5. The Balaban J connectivity index is 0.000000513. The molecule has 2 aromatic rings. The predicted octanol–water partition coefficient (Wildman–Crippen LogP) is -1.57. The van der Waals surface area contributed by atoms with Gasteiger partial charge in [0.1, 0.15) is 24.2 Å². The van der Waals surface area contributed by atoms with Gasteiger partial charge < -0.3 is 10.8 Å². The van der Waals surface area contributed by atoms with E-state index in [1.54, 1.807) is 11.5 Å². The minimum absolute atomic E-state index is 0.196. The molecule has 0 bridgehead atoms. The molecule has 5 N–H and O–H groups in total. The van der Waals surface area contributed by atoms with Crippen LogP contribution >= 0.6 is 0 Å². The minimum atomic E-state index is -3.73. The van der Waals surface area contributed by atoms with Crippen molar-refractivity contribution < 1.29 is 27.5 Å². The molecule has 0 aliphatic rings. The van der Waals surface area contributed by atoms with Gasteiger partial charge in [0.15, 0.2) is 5.82 Å². The van der Waals surface area contributed by atoms with Crippen LogP contribution in [0.25, 0.3) is 5.69 Å². The summed E-state index contributed by atoms with van der Waals surface area (Å²) in [6, 6.07) is 2.52. The number of hydrazone groups is 1. The van der Waals surface area contributed by atoms with E-state index >= 15 is 0 Å². The van der Waals surface area contributed by atoms with Gasteiger partial charge in [-0.3, -0.25) is 14.1 Å². The van der Waals surface area contributed by atoms with E-state index in [0.29, 0.717) is 15.5 Å². The predicted molar refractivity (Wildman–Crippen MR) is 112 cm³/mol. The molecule has 15 nitrogen and oxygen atoms in total. The lowest BCUT2D eigenvalue weighted by atomic mass is 10.1. The summed E-state index contributed by atoms with van der Waals surface area (Å²) < 4.78 is 41.0. The molecule has 0 spiro atoms. The van der Waals surface area contributed by atoms with Gasteiger partial charge in [-0.15, -0.1) is 0 Å². The molecule has 2 rings (SSSR count). The van der Waals surface area contributed by atoms with Gasteiger partial charge in [0, 0.05) is 7.05 Å². The molecule has 17 heteroatoms. The van der Waals surface area contributed by atoms with E-state index in [1.807, 2.05) is 0 Å². The first-order valence-corrected chi connectivity index (χ1v) is 10.2. The number of sulfonamides is 1. The topological polar surface area (TPSA) is 232 Å². The van der Waals surface area contributed by atoms with Gasteiger partial charge in [-0.05, 0) is 19.1 Å². The number of carbonyl (C=O) groups is 2. The first-order valence-electron chi connectivity index (χ1n) is 8.54. The fourth-order valence-corrected chi connectivity index (χ4v) is 2.58. The number of nitriles is 1. The maximum Gasteiger partial charge on any atom is 0.352 e. The number of benzene rings is 1. The fourth-order valence-electron chi connectivity index (χ4n) is 1.94. The second kappa shape index (κ2) is 11.1. The Bertz CT molecular complexity index is 1360. The molecule has 1 aromatic heterocycles. The quantitative estimate of drug-likeness (QED) is 0.273. The lowest BCUT2D eigenvalue weighted by molar-refractivity contribution is -0.128. The molecular weight excluding hydrogens is 467 g/mol. The molecule has 0 unspecified atom stereocenters. The number of rotatable bonds is 6. The maximum atomic E-state index is 14.2. The van der Waals surface area contributed by atoms with Crippen molar-refractivity contribution in [2.24, 2.45) is 17.9 Å². The summed E-state index contributed by atoms with van der Waals surface area (Å²) in [5.74, 6) is -2.48. The van der Waals surface area contributed by atoms with Crippen LogP contribution in [-0.2, 0) is 21.9 Å². The Hall–Kier alpha value is -4.59. The van der Waals surface area contributed by atoms with E-state index < -0.39 is 44.8 Å². The number of halogens is 1. The SMILES string of the molecule is CCS(=O)(=O)Nc1cc(-n2ncc(=O)n(C)c2=O)c(F)cc1C#N.NC(=O)N/N=C/C(=O)O. The van der Waals surface area contributed by atoms with E-state index in [1.165, 1.54) is 14.0 Å². The molecular formula is C16H17FN8O7S. The zero-order valence-corrected chi connectivity index (χ0v) is 17.8. The van der Waals surface area contributed by atoms with Gasteiger partial charge in [-0.2, -0.15) is 20.1 Å². The van der Waals surface area contributed by atoms with Crippen LogP contribution in [0.15, 0.2) is 33.0 Å². The van der Waals surface area contributed by atoms with E-state index in [-0.39, 0.29) is 17.0 Å². The molecule has 0 fully saturated rings. The Morgan fingerprint density at radius 1 is 1.39 bits per heavy atom. The van der Waals surface area contributed by atoms with Gasteiger partial charge in [0.2, 0.25) is 10.0 Å². The second-order valence-electron chi connectivity index (χ2n) is 5.78. The summed E-state index contributed by atoms with van der Waals surface area (Å²) in [6.45, 7) is 1.39. The van der Waals surface area contributed by atoms with Crippen molar-refractivity contribution >= 4 is 33.9 Å². The number of hydrogen-bond acceptors (Lipinski definition) is 9. The standard InChI is InChI=1S/C13H12FN5O4S.C3H5N3O3/c1-3-24(22,23)17-10-5-11(9(14)4-8(10)6-15)19-13(21)18(2)12(20)7-16-19;4-3(9)6-5-1-2(7)8/h4-5,7,17H,3H2,1-2H3;1H,(H,7,8)(H3,4,6,9)/b;5-1+. The van der Waals surface area contributed by atoms with Crippen LogP contribution < -0.4 is 27.1 Å². The number of aromatic nitrogens is 3. The third-order valence-electron chi connectivity index (χ3n) is 3.51. The third-order valence-corrected chi connectivity index (χ3v) is 4.80. The fraction of sp³-hybridized carbons (Fsp3) is 0.188. The zero-order chi connectivity index (χ0) is 25.3. The number of aliphatic carboxylic acids is 1. The molecule has 0 radical (unpaired) electrons. The average Bonchev–Trinajstić information content (AvgIpc) is 2.73. The number of carboxylic acid groups (broad SMARTS) is 1. The Kier molecular flexibility index (Phi) is 8.93. The number of carboxylic acids is 1. The Morgan fingerprint density at radius 2 is 2.03 bits per heavy atom. The van der Waals surface area contributed by atoms with Crippen molar-refractivity contribution in [1.82, 2.24) is 19.8 Å². The molecule has 0 saturated carbocycles. The summed E-state index contributed by atoms with van der Waals surface area (Å²) in [4.78, 5) is 42.8. The Labute approximate surface area is 184 Å². The lowest BCUT2D eigenvalue weighted by Gasteiger charge is -2.12. The number of primary amides is 1. The average molecular weight is 484 g/mol. The first kappa shape index (κ1) is 26.4. The zero-order valence-electron chi connectivity index (χ0n) is 17.0. The van der Waals surface area contributed by atoms with E-state index in [9.17, 15) is 32.0 Å². The van der Waals surface area contributed by atoms with Gasteiger partial charge in [0.05, 0.1) is 17.0 Å². The summed E-state index contributed by atoms with van der Waals surface area (Å²) in [5.41, 5.74) is 3.77. The smallest absolute Gasteiger partial charge is 0.352 e. The number of nitrogens with one attached hydrogen (secondary N) is 2. The second-order valence-corrected chi connectivity index (χ2v) is 7.79. The first-order chi connectivity index (χ1) is 15.3. The van der Waals surface area contributed by atoms with Crippen LogP contribution in [0.2, 0.25) is 0 Å². The molecule has 176 valence electrons. The highest BCUT2D eigenvalue weighted by atomic mass is 32.2. The number of nitrogens with two attached hydrogens (primary N) is 1. The van der Waals surface area contributed by atoms with E-state index in [2.05, 4.69) is 20.7 Å². The van der Waals surface area contributed by atoms with Crippen LogP contribution in [-0.4, -0.2) is 51.8 Å². The van der Waals surface area contributed by atoms with Crippen molar-refractivity contribution in [3.8, 4) is 11.8 Å². The normalized spacial score (nSPS) is 10.6. The molecule has 0 aliphatic heterocycles. The summed E-state index contributed by atoms with van der Waals surface area (Å²) in [6.07, 6.45) is 1.33. The van der Waals surface area contributed by atoms with Crippen molar-refractivity contribution in [2.75, 3.05) is 10.5 Å². The van der Waals surface area contributed by atoms with Gasteiger partial charge in [0.25, 0.3) is 5.56 Å². The highest BCUT2D eigenvalue weighted by Gasteiger charge is 2.17. The van der Waals surface area contributed by atoms with Crippen LogP contribution in [0.1, 0.15) is 12.5 Å². The number of amides is 2. The number of carbonyl (C=O) groups excluding carboxylic acids is 1. The highest BCUT2D eigenvalue weighted by molar-refractivity contribution is 7.92. The summed E-state index contributed by atoms with van der Waals surface area (Å²) in [7, 11) is -2.54. The van der Waals surface area contributed by atoms with Crippen molar-refractivity contribution in [2.45, 2.75) is 6.92 Å². The van der Waals surface area contributed by atoms with E-state index in [4.69, 9.17) is 10.4 Å². The number of anilines is 1. The molecule has 1 aromatic carbocycles. The monoisotopic (exact) mass is 484 g/mol. The summed E-state index contributed by atoms with van der Waals surface area (Å²) in [5, 5.41) is 23.4. The Morgan fingerprint density at radius 3 is 2.55 bits per heavy atom. The molecule has 33 heavy (non-hydrogen) atoms. The van der Waals surface area contributed by atoms with Crippen LogP contribution in [0.4, 0.5) is 14.9 Å².